The maximum absolute atomic E-state index is 11.5. The van der Waals surface area contributed by atoms with E-state index in [9.17, 15) is 14.7 Å². The van der Waals surface area contributed by atoms with Gasteiger partial charge in [-0.3, -0.25) is 4.79 Å². The van der Waals surface area contributed by atoms with E-state index in [4.69, 9.17) is 0 Å². The summed E-state index contributed by atoms with van der Waals surface area (Å²) in [5.74, 6) is -1.08. The monoisotopic (exact) mass is 249 g/mol. The molecule has 0 aliphatic heterocycles. The molecule has 0 radical (unpaired) electrons. The number of benzene rings is 1. The predicted octanol–water partition coefficient (Wildman–Crippen LogP) is 0.565. The molecule has 18 heavy (non-hydrogen) atoms. The Labute approximate surface area is 105 Å². The van der Waals surface area contributed by atoms with Crippen molar-refractivity contribution in [2.45, 2.75) is 6.04 Å². The summed E-state index contributed by atoms with van der Waals surface area (Å²) in [7, 11) is 1.23. The van der Waals surface area contributed by atoms with E-state index in [0.717, 1.165) is 17.7 Å². The SMILES string of the molecule is COC(=O)C=CC(=O)N[C@@H](CO)c1ccccc1. The van der Waals surface area contributed by atoms with E-state index in [1.165, 1.54) is 7.11 Å². The van der Waals surface area contributed by atoms with Crippen LogP contribution in [0.4, 0.5) is 0 Å². The van der Waals surface area contributed by atoms with Crippen LogP contribution < -0.4 is 5.32 Å². The zero-order chi connectivity index (χ0) is 13.4. The quantitative estimate of drug-likeness (QED) is 0.590. The van der Waals surface area contributed by atoms with E-state index in [-0.39, 0.29) is 6.61 Å². The fraction of sp³-hybridized carbons (Fsp3) is 0.231. The molecule has 0 heterocycles. The zero-order valence-electron chi connectivity index (χ0n) is 10.00. The van der Waals surface area contributed by atoms with Crippen molar-refractivity contribution < 1.29 is 19.4 Å². The van der Waals surface area contributed by atoms with Gasteiger partial charge in [-0.15, -0.1) is 0 Å². The molecule has 5 heteroatoms. The number of aliphatic hydroxyl groups is 1. The van der Waals surface area contributed by atoms with Crippen molar-refractivity contribution in [2.24, 2.45) is 0 Å². The fourth-order valence-electron chi connectivity index (χ4n) is 1.35. The molecule has 0 fully saturated rings. The zero-order valence-corrected chi connectivity index (χ0v) is 10.00. The molecular formula is C13H15NO4. The lowest BCUT2D eigenvalue weighted by molar-refractivity contribution is -0.135. The standard InChI is InChI=1S/C13H15NO4/c1-18-13(17)8-7-12(16)14-11(9-15)10-5-3-2-4-6-10/h2-8,11,15H,9H2,1H3,(H,14,16)/t11-/m0/s1. The van der Waals surface area contributed by atoms with E-state index in [0.29, 0.717) is 0 Å². The van der Waals surface area contributed by atoms with Crippen LogP contribution in [0.3, 0.4) is 0 Å². The Balaban J connectivity index is 2.62. The highest BCUT2D eigenvalue weighted by atomic mass is 16.5. The van der Waals surface area contributed by atoms with Crippen LogP contribution in [0.5, 0.6) is 0 Å². The molecule has 0 spiro atoms. The highest BCUT2D eigenvalue weighted by molar-refractivity contribution is 5.94. The third-order valence-corrected chi connectivity index (χ3v) is 2.27. The van der Waals surface area contributed by atoms with Crippen molar-refractivity contribution in [3.05, 3.63) is 48.0 Å². The van der Waals surface area contributed by atoms with Crippen LogP contribution in [-0.2, 0) is 14.3 Å². The molecule has 0 aliphatic carbocycles. The summed E-state index contributed by atoms with van der Waals surface area (Å²) in [6, 6.07) is 8.57. The summed E-state index contributed by atoms with van der Waals surface area (Å²) in [5, 5.41) is 11.8. The first-order chi connectivity index (χ1) is 8.67. The van der Waals surface area contributed by atoms with Crippen molar-refractivity contribution in [1.82, 2.24) is 5.32 Å². The maximum atomic E-state index is 11.5. The number of carbonyl (C=O) groups is 2. The van der Waals surface area contributed by atoms with Gasteiger partial charge in [0.05, 0.1) is 19.8 Å². The molecular weight excluding hydrogens is 234 g/mol. The molecule has 0 saturated carbocycles. The van der Waals surface area contributed by atoms with Crippen LogP contribution >= 0.6 is 0 Å². The number of rotatable bonds is 5. The first kappa shape index (κ1) is 13.9. The first-order valence-electron chi connectivity index (χ1n) is 5.39. The number of methoxy groups -OCH3 is 1. The average Bonchev–Trinajstić information content (AvgIpc) is 2.43. The van der Waals surface area contributed by atoms with Gasteiger partial charge in [0.15, 0.2) is 0 Å². The minimum Gasteiger partial charge on any atom is -0.466 e. The Hall–Kier alpha value is -2.14. The second-order valence-electron chi connectivity index (χ2n) is 3.51. The maximum Gasteiger partial charge on any atom is 0.330 e. The van der Waals surface area contributed by atoms with Crippen molar-refractivity contribution in [3.8, 4) is 0 Å². The van der Waals surface area contributed by atoms with Gasteiger partial charge >= 0.3 is 5.97 Å². The number of nitrogens with one attached hydrogen (secondary N) is 1. The molecule has 2 N–H and O–H groups in total. The van der Waals surface area contributed by atoms with E-state index in [1.54, 1.807) is 12.1 Å². The molecule has 0 saturated heterocycles. The Morgan fingerprint density at radius 3 is 2.56 bits per heavy atom. The molecule has 1 aromatic carbocycles. The lowest BCUT2D eigenvalue weighted by Crippen LogP contribution is -2.29. The van der Waals surface area contributed by atoms with Gasteiger partial charge in [-0.25, -0.2) is 4.79 Å². The van der Waals surface area contributed by atoms with Crippen LogP contribution in [0.2, 0.25) is 0 Å². The summed E-state index contributed by atoms with van der Waals surface area (Å²) in [4.78, 5) is 22.3. The lowest BCUT2D eigenvalue weighted by Gasteiger charge is -2.15. The van der Waals surface area contributed by atoms with Crippen LogP contribution in [0.15, 0.2) is 42.5 Å². The summed E-state index contributed by atoms with van der Waals surface area (Å²) in [6.45, 7) is -0.220. The Bertz CT molecular complexity index is 428. The molecule has 0 aliphatic rings. The minimum absolute atomic E-state index is 0.220. The summed E-state index contributed by atoms with van der Waals surface area (Å²) in [5.41, 5.74) is 0.791. The van der Waals surface area contributed by atoms with Crippen LogP contribution in [0.25, 0.3) is 0 Å². The lowest BCUT2D eigenvalue weighted by atomic mass is 10.1. The highest BCUT2D eigenvalue weighted by Crippen LogP contribution is 2.11. The third kappa shape index (κ3) is 4.39. The van der Waals surface area contributed by atoms with Gasteiger partial charge in [0, 0.05) is 12.2 Å². The largest absolute Gasteiger partial charge is 0.466 e. The number of ether oxygens (including phenoxy) is 1. The van der Waals surface area contributed by atoms with Gasteiger partial charge in [-0.1, -0.05) is 30.3 Å². The molecule has 0 aromatic heterocycles. The molecule has 96 valence electrons. The number of aliphatic hydroxyl groups excluding tert-OH is 1. The van der Waals surface area contributed by atoms with Gasteiger partial charge < -0.3 is 15.2 Å². The van der Waals surface area contributed by atoms with Crippen LogP contribution in [0, 0.1) is 0 Å². The highest BCUT2D eigenvalue weighted by Gasteiger charge is 2.11. The predicted molar refractivity (Wildman–Crippen MR) is 65.6 cm³/mol. The molecule has 0 bridgehead atoms. The Morgan fingerprint density at radius 2 is 2.00 bits per heavy atom. The second kappa shape index (κ2) is 7.24. The fourth-order valence-corrected chi connectivity index (χ4v) is 1.35. The molecule has 1 amide bonds. The van der Waals surface area contributed by atoms with Gasteiger partial charge in [0.2, 0.25) is 5.91 Å². The number of amides is 1. The number of esters is 1. The van der Waals surface area contributed by atoms with Gasteiger partial charge in [-0.2, -0.15) is 0 Å². The third-order valence-electron chi connectivity index (χ3n) is 2.27. The summed E-state index contributed by atoms with van der Waals surface area (Å²) >= 11 is 0. The number of hydrogen-bond donors (Lipinski definition) is 2. The van der Waals surface area contributed by atoms with E-state index in [1.807, 2.05) is 18.2 Å². The van der Waals surface area contributed by atoms with E-state index >= 15 is 0 Å². The van der Waals surface area contributed by atoms with Crippen molar-refractivity contribution in [3.63, 3.8) is 0 Å². The smallest absolute Gasteiger partial charge is 0.330 e. The van der Waals surface area contributed by atoms with Crippen LogP contribution in [-0.4, -0.2) is 30.7 Å². The molecule has 5 nitrogen and oxygen atoms in total. The normalized spacial score (nSPS) is 12.1. The summed E-state index contributed by atoms with van der Waals surface area (Å²) in [6.07, 6.45) is 2.09. The van der Waals surface area contributed by atoms with Crippen molar-refractivity contribution in [1.29, 1.82) is 0 Å². The molecule has 1 aromatic rings. The van der Waals surface area contributed by atoms with Crippen LogP contribution in [0.1, 0.15) is 11.6 Å². The van der Waals surface area contributed by atoms with E-state index < -0.39 is 17.9 Å². The first-order valence-corrected chi connectivity index (χ1v) is 5.39. The second-order valence-corrected chi connectivity index (χ2v) is 3.51. The van der Waals surface area contributed by atoms with Gasteiger partial charge in [0.25, 0.3) is 0 Å². The average molecular weight is 249 g/mol. The van der Waals surface area contributed by atoms with Gasteiger partial charge in [-0.05, 0) is 5.56 Å². The topological polar surface area (TPSA) is 75.6 Å². The van der Waals surface area contributed by atoms with Crippen molar-refractivity contribution in [2.75, 3.05) is 13.7 Å². The molecule has 1 atom stereocenters. The summed E-state index contributed by atoms with van der Waals surface area (Å²) < 4.78 is 4.36. The minimum atomic E-state index is -0.606. The molecule has 0 unspecified atom stereocenters. The van der Waals surface area contributed by atoms with E-state index in [2.05, 4.69) is 10.1 Å². The van der Waals surface area contributed by atoms with Gasteiger partial charge in [0.1, 0.15) is 0 Å². The number of hydrogen-bond acceptors (Lipinski definition) is 4. The Morgan fingerprint density at radius 1 is 1.33 bits per heavy atom. The molecule has 1 rings (SSSR count). The Kier molecular flexibility index (Phi) is 5.60. The number of carbonyl (C=O) groups excluding carboxylic acids is 2. The van der Waals surface area contributed by atoms with Crippen molar-refractivity contribution >= 4 is 11.9 Å².